The second-order valence-corrected chi connectivity index (χ2v) is 7.11. The van der Waals surface area contributed by atoms with Crippen LogP contribution >= 0.6 is 22.6 Å². The second kappa shape index (κ2) is 8.70. The Kier molecular flexibility index (Phi) is 6.86. The maximum Gasteiger partial charge on any atom is 0.263 e. The van der Waals surface area contributed by atoms with Crippen molar-refractivity contribution in [2.24, 2.45) is 0 Å². The van der Waals surface area contributed by atoms with E-state index >= 15 is 0 Å². The lowest BCUT2D eigenvalue weighted by molar-refractivity contribution is -0.619. The predicted octanol–water partition coefficient (Wildman–Crippen LogP) is 4.32. The van der Waals surface area contributed by atoms with E-state index in [9.17, 15) is 10.0 Å². The summed E-state index contributed by atoms with van der Waals surface area (Å²) in [5.74, 6) is 0.186. The van der Waals surface area contributed by atoms with Crippen LogP contribution in [-0.4, -0.2) is 12.5 Å². The van der Waals surface area contributed by atoms with E-state index in [1.807, 2.05) is 25.1 Å². The maximum absolute atomic E-state index is 13.1. The third kappa shape index (κ3) is 3.79. The molecule has 0 saturated heterocycles. The van der Waals surface area contributed by atoms with E-state index in [1.54, 1.807) is 13.8 Å². The van der Waals surface area contributed by atoms with Crippen LogP contribution in [-0.2, 0) is 12.8 Å². The Balaban J connectivity index is 2.55. The van der Waals surface area contributed by atoms with Gasteiger partial charge in [0, 0.05) is 19.5 Å². The van der Waals surface area contributed by atoms with Gasteiger partial charge in [-0.1, -0.05) is 32.0 Å². The normalized spacial score (nSPS) is 10.7. The van der Waals surface area contributed by atoms with E-state index in [1.165, 1.54) is 0 Å². The van der Waals surface area contributed by atoms with Gasteiger partial charge in [-0.2, -0.15) is 4.73 Å². The molecule has 0 spiro atoms. The highest BCUT2D eigenvalue weighted by Gasteiger charge is 2.28. The quantitative estimate of drug-likeness (QED) is 0.390. The van der Waals surface area contributed by atoms with Crippen molar-refractivity contribution >= 4 is 34.2 Å². The number of hydrogen-bond donors (Lipinski definition) is 1. The molecule has 0 fully saturated rings. The van der Waals surface area contributed by atoms with Gasteiger partial charge < -0.3 is 15.3 Å². The van der Waals surface area contributed by atoms with Crippen LogP contribution in [0.3, 0.4) is 0 Å². The van der Waals surface area contributed by atoms with Crippen molar-refractivity contribution in [1.29, 1.82) is 0 Å². The first-order chi connectivity index (χ1) is 12.4. The molecule has 2 rings (SSSR count). The fourth-order valence-electron chi connectivity index (χ4n) is 3.03. The van der Waals surface area contributed by atoms with Crippen molar-refractivity contribution in [1.82, 2.24) is 0 Å². The van der Waals surface area contributed by atoms with Gasteiger partial charge in [0.2, 0.25) is 17.1 Å². The van der Waals surface area contributed by atoms with Crippen LogP contribution in [0.2, 0.25) is 0 Å². The van der Waals surface area contributed by atoms with Gasteiger partial charge >= 0.3 is 0 Å². The summed E-state index contributed by atoms with van der Waals surface area (Å²) in [7, 11) is 0. The number of carbonyl (C=O) groups is 1. The van der Waals surface area contributed by atoms with Crippen LogP contribution in [0.25, 0.3) is 0 Å². The van der Waals surface area contributed by atoms with E-state index in [0.29, 0.717) is 32.9 Å². The molecule has 0 saturated carbocycles. The van der Waals surface area contributed by atoms with Gasteiger partial charge in [-0.05, 0) is 53.5 Å². The molecule has 0 aliphatic rings. The van der Waals surface area contributed by atoms with Gasteiger partial charge in [0.15, 0.2) is 0 Å². The van der Waals surface area contributed by atoms with Crippen LogP contribution in [0.1, 0.15) is 53.6 Å². The molecule has 1 aromatic carbocycles. The topological polar surface area (TPSA) is 65.3 Å². The highest BCUT2D eigenvalue weighted by Crippen LogP contribution is 2.30. The second-order valence-electron chi connectivity index (χ2n) is 6.03. The van der Waals surface area contributed by atoms with Crippen LogP contribution in [0.15, 0.2) is 18.2 Å². The Morgan fingerprint density at radius 3 is 2.23 bits per heavy atom. The van der Waals surface area contributed by atoms with Gasteiger partial charge in [0.25, 0.3) is 5.91 Å². The summed E-state index contributed by atoms with van der Waals surface area (Å²) in [4.78, 5) is 13.1. The molecule has 140 valence electrons. The van der Waals surface area contributed by atoms with E-state index in [0.717, 1.165) is 34.4 Å². The Hall–Kier alpha value is -1.83. The van der Waals surface area contributed by atoms with E-state index < -0.39 is 0 Å². The average molecular weight is 468 g/mol. The number of para-hydroxylation sites is 1. The lowest BCUT2D eigenvalue weighted by Gasteiger charge is -2.18. The molecular formula is C20H25IN2O3. The Bertz CT molecular complexity index is 812. The van der Waals surface area contributed by atoms with Crippen molar-refractivity contribution in [3.8, 4) is 5.75 Å². The summed E-state index contributed by atoms with van der Waals surface area (Å²) in [6.45, 7) is 9.78. The van der Waals surface area contributed by atoms with Gasteiger partial charge in [0.05, 0.1) is 10.2 Å². The van der Waals surface area contributed by atoms with Crippen LogP contribution in [0, 0.1) is 22.6 Å². The first kappa shape index (κ1) is 20.5. The lowest BCUT2D eigenvalue weighted by Crippen LogP contribution is -2.38. The minimum atomic E-state index is -0.284. The molecule has 1 aromatic heterocycles. The highest BCUT2D eigenvalue weighted by atomic mass is 127. The summed E-state index contributed by atoms with van der Waals surface area (Å²) >= 11 is 2.09. The van der Waals surface area contributed by atoms with Crippen LogP contribution in [0.4, 0.5) is 5.69 Å². The largest absolute Gasteiger partial charge is 0.618 e. The molecule has 0 bridgehead atoms. The summed E-state index contributed by atoms with van der Waals surface area (Å²) in [6, 6.07) is 6.04. The van der Waals surface area contributed by atoms with Crippen LogP contribution in [0.5, 0.6) is 5.75 Å². The number of ether oxygens (including phenoxy) is 1. The minimum absolute atomic E-state index is 0.284. The molecule has 0 atom stereocenters. The number of pyridine rings is 1. The Labute approximate surface area is 168 Å². The molecule has 0 radical (unpaired) electrons. The number of amides is 1. The molecule has 0 aliphatic heterocycles. The van der Waals surface area contributed by atoms with Crippen LogP contribution < -0.4 is 14.8 Å². The molecular weight excluding hydrogens is 443 g/mol. The third-order valence-electron chi connectivity index (χ3n) is 4.47. The first-order valence-electron chi connectivity index (χ1n) is 8.84. The number of benzene rings is 1. The predicted molar refractivity (Wildman–Crippen MR) is 112 cm³/mol. The number of aromatic nitrogens is 1. The minimum Gasteiger partial charge on any atom is -0.618 e. The zero-order chi connectivity index (χ0) is 19.4. The summed E-state index contributed by atoms with van der Waals surface area (Å²) in [6.07, 6.45) is 1.64. The van der Waals surface area contributed by atoms with Crippen molar-refractivity contribution in [2.45, 2.75) is 47.5 Å². The molecule has 2 aromatic rings. The number of anilines is 1. The molecule has 5 nitrogen and oxygen atoms in total. The fraction of sp³-hybridized carbons (Fsp3) is 0.400. The van der Waals surface area contributed by atoms with Gasteiger partial charge in [-0.3, -0.25) is 4.79 Å². The number of aryl methyl sites for hydroxylation is 2. The van der Waals surface area contributed by atoms with E-state index in [2.05, 4.69) is 41.8 Å². The first-order valence-corrected chi connectivity index (χ1v) is 9.92. The standard InChI is InChI=1S/C20H25IN2O3/c1-6-14-10-9-11-15(7-2)18(14)22-20(24)16-12(4)23(25)13(5)19(17(16)21)26-8-3/h9-11H,6-8H2,1-5H3,(H,22,24). The molecule has 1 amide bonds. The van der Waals surface area contributed by atoms with Crippen molar-refractivity contribution in [3.63, 3.8) is 0 Å². The summed E-state index contributed by atoms with van der Waals surface area (Å²) < 4.78 is 7.06. The average Bonchev–Trinajstić information content (AvgIpc) is 2.63. The number of carbonyl (C=O) groups excluding carboxylic acids is 1. The lowest BCUT2D eigenvalue weighted by atomic mass is 10.0. The molecule has 0 unspecified atom stereocenters. The smallest absolute Gasteiger partial charge is 0.263 e. The van der Waals surface area contributed by atoms with Crippen molar-refractivity contribution in [2.75, 3.05) is 11.9 Å². The Morgan fingerprint density at radius 1 is 1.15 bits per heavy atom. The zero-order valence-electron chi connectivity index (χ0n) is 15.9. The molecule has 1 N–H and O–H groups in total. The van der Waals surface area contributed by atoms with Gasteiger partial charge in [-0.15, -0.1) is 0 Å². The summed E-state index contributed by atoms with van der Waals surface area (Å²) in [5, 5.41) is 15.5. The number of rotatable bonds is 6. The summed E-state index contributed by atoms with van der Waals surface area (Å²) in [5.41, 5.74) is 4.21. The van der Waals surface area contributed by atoms with Crippen molar-refractivity contribution in [3.05, 3.63) is 55.1 Å². The number of halogens is 1. The molecule has 0 aliphatic carbocycles. The highest BCUT2D eigenvalue weighted by molar-refractivity contribution is 14.1. The third-order valence-corrected chi connectivity index (χ3v) is 5.50. The Morgan fingerprint density at radius 2 is 1.73 bits per heavy atom. The van der Waals surface area contributed by atoms with Gasteiger partial charge in [0.1, 0.15) is 5.56 Å². The van der Waals surface area contributed by atoms with Crippen molar-refractivity contribution < 1.29 is 14.3 Å². The number of nitrogens with one attached hydrogen (secondary N) is 1. The molecule has 6 heteroatoms. The monoisotopic (exact) mass is 468 g/mol. The maximum atomic E-state index is 13.1. The van der Waals surface area contributed by atoms with Gasteiger partial charge in [-0.25, -0.2) is 0 Å². The number of hydrogen-bond acceptors (Lipinski definition) is 3. The SMILES string of the molecule is CCOc1c(I)c(C(=O)Nc2c(CC)cccc2CC)c(C)[n+]([O-])c1C. The zero-order valence-corrected chi connectivity index (χ0v) is 18.1. The van der Waals surface area contributed by atoms with E-state index in [-0.39, 0.29) is 5.91 Å². The molecule has 1 heterocycles. The molecule has 26 heavy (non-hydrogen) atoms. The fourth-order valence-corrected chi connectivity index (χ4v) is 4.21. The number of nitrogens with zero attached hydrogens (tertiary/aromatic N) is 1. The van der Waals surface area contributed by atoms with E-state index in [4.69, 9.17) is 4.74 Å².